The first-order chi connectivity index (χ1) is 27.8. The number of rotatable bonds is 3. The van der Waals surface area contributed by atoms with E-state index in [0.717, 1.165) is 16.7 Å². The molecule has 0 radical (unpaired) electrons. The Hall–Kier alpha value is -7.01. The van der Waals surface area contributed by atoms with Crippen LogP contribution >= 0.6 is 11.3 Å². The monoisotopic (exact) mass is 729 g/mol. The smallest absolute Gasteiger partial charge is 0.164 e. The highest BCUT2D eigenvalue weighted by molar-refractivity contribution is 7.25. The second kappa shape index (κ2) is 12.0. The van der Waals surface area contributed by atoms with Crippen molar-refractivity contribution in [3.05, 3.63) is 210 Å². The minimum Gasteiger partial charge on any atom is -0.208 e. The molecule has 2 aliphatic rings. The van der Waals surface area contributed by atoms with E-state index in [0.29, 0.717) is 17.5 Å². The largest absolute Gasteiger partial charge is 0.208 e. The van der Waals surface area contributed by atoms with E-state index >= 15 is 0 Å². The molecule has 0 amide bonds. The van der Waals surface area contributed by atoms with Gasteiger partial charge in [-0.2, -0.15) is 0 Å². The second-order valence-electron chi connectivity index (χ2n) is 14.7. The van der Waals surface area contributed by atoms with E-state index in [2.05, 4.69) is 152 Å². The van der Waals surface area contributed by atoms with Gasteiger partial charge < -0.3 is 0 Å². The van der Waals surface area contributed by atoms with Gasteiger partial charge in [-0.1, -0.05) is 164 Å². The van der Waals surface area contributed by atoms with Crippen molar-refractivity contribution in [2.24, 2.45) is 0 Å². The van der Waals surface area contributed by atoms with Crippen LogP contribution in [0, 0.1) is 0 Å². The average molecular weight is 730 g/mol. The van der Waals surface area contributed by atoms with Gasteiger partial charge in [0.2, 0.25) is 0 Å². The van der Waals surface area contributed by atoms with Crippen LogP contribution in [0.1, 0.15) is 22.3 Å². The SMILES string of the molecule is c1ccc(-c2nc(-c3ccccc3)nc(-c3ccc4c(c3)C3(c5ccccc5-c5ccccc5-4)c4ccccc4-c4cc5c(cc43)sc3ccccc35)n2)cc1. The highest BCUT2D eigenvalue weighted by Gasteiger charge is 2.50. The van der Waals surface area contributed by atoms with Crippen LogP contribution < -0.4 is 0 Å². The number of hydrogen-bond donors (Lipinski definition) is 0. The molecular weight excluding hydrogens is 699 g/mol. The van der Waals surface area contributed by atoms with Crippen molar-refractivity contribution in [3.8, 4) is 67.5 Å². The lowest BCUT2D eigenvalue weighted by Crippen LogP contribution is -2.29. The predicted molar refractivity (Wildman–Crippen MR) is 231 cm³/mol. The van der Waals surface area contributed by atoms with Crippen LogP contribution in [0.25, 0.3) is 87.7 Å². The number of fused-ring (bicyclic) bond motifs is 15. The fourth-order valence-electron chi connectivity index (χ4n) is 9.38. The molecule has 10 aromatic rings. The normalized spacial score (nSPS) is 14.9. The third-order valence-electron chi connectivity index (χ3n) is 11.8. The Labute approximate surface area is 328 Å². The predicted octanol–water partition coefficient (Wildman–Crippen LogP) is 13.3. The van der Waals surface area contributed by atoms with Crippen molar-refractivity contribution in [2.75, 3.05) is 0 Å². The fourth-order valence-corrected chi connectivity index (χ4v) is 10.5. The van der Waals surface area contributed by atoms with E-state index in [-0.39, 0.29) is 0 Å². The lowest BCUT2D eigenvalue weighted by molar-refractivity contribution is 0.777. The van der Waals surface area contributed by atoms with Crippen LogP contribution in [0.4, 0.5) is 0 Å². The third kappa shape index (κ3) is 4.42. The second-order valence-corrected chi connectivity index (χ2v) is 15.8. The van der Waals surface area contributed by atoms with Crippen molar-refractivity contribution in [1.82, 2.24) is 15.0 Å². The minimum atomic E-state index is -0.630. The summed E-state index contributed by atoms with van der Waals surface area (Å²) in [5, 5.41) is 2.62. The van der Waals surface area contributed by atoms with E-state index in [1.54, 1.807) is 0 Å². The molecule has 1 atom stereocenters. The maximum atomic E-state index is 5.21. The molecule has 0 saturated carbocycles. The van der Waals surface area contributed by atoms with Gasteiger partial charge in [0.15, 0.2) is 17.5 Å². The summed E-state index contributed by atoms with van der Waals surface area (Å²) in [6, 6.07) is 68.1. The van der Waals surface area contributed by atoms with E-state index in [1.807, 2.05) is 47.7 Å². The first-order valence-corrected chi connectivity index (χ1v) is 19.8. The van der Waals surface area contributed by atoms with E-state index < -0.39 is 5.41 Å². The Morgan fingerprint density at radius 2 is 0.786 bits per heavy atom. The zero-order valence-electron chi connectivity index (χ0n) is 30.1. The van der Waals surface area contributed by atoms with Crippen molar-refractivity contribution in [2.45, 2.75) is 5.41 Å². The Balaban J connectivity index is 1.21. The van der Waals surface area contributed by atoms with Gasteiger partial charge in [0.1, 0.15) is 0 Å². The Bertz CT molecular complexity index is 3140. The van der Waals surface area contributed by atoms with Crippen molar-refractivity contribution in [1.29, 1.82) is 0 Å². The number of benzene rings is 8. The van der Waals surface area contributed by atoms with Crippen LogP contribution in [-0.2, 0) is 5.41 Å². The summed E-state index contributed by atoms with van der Waals surface area (Å²) in [4.78, 5) is 15.4. The molecule has 0 saturated heterocycles. The van der Waals surface area contributed by atoms with E-state index in [1.165, 1.54) is 75.8 Å². The summed E-state index contributed by atoms with van der Waals surface area (Å²) in [5.41, 5.74) is 14.8. The highest BCUT2D eigenvalue weighted by atomic mass is 32.1. The van der Waals surface area contributed by atoms with Gasteiger partial charge in [-0.25, -0.2) is 15.0 Å². The Morgan fingerprint density at radius 3 is 1.43 bits per heavy atom. The summed E-state index contributed by atoms with van der Waals surface area (Å²) >= 11 is 1.88. The highest BCUT2D eigenvalue weighted by Crippen LogP contribution is 2.62. The number of nitrogens with zero attached hydrogens (tertiary/aromatic N) is 3. The average Bonchev–Trinajstić information content (AvgIpc) is 3.75. The number of aromatic nitrogens is 3. The van der Waals surface area contributed by atoms with Crippen LogP contribution in [0.15, 0.2) is 188 Å². The third-order valence-corrected chi connectivity index (χ3v) is 12.9. The first-order valence-electron chi connectivity index (χ1n) is 19.0. The van der Waals surface area contributed by atoms with Crippen LogP contribution in [0.3, 0.4) is 0 Å². The summed E-state index contributed by atoms with van der Waals surface area (Å²) < 4.78 is 2.61. The minimum absolute atomic E-state index is 0.630. The quantitative estimate of drug-likeness (QED) is 0.182. The molecule has 8 aromatic carbocycles. The summed E-state index contributed by atoms with van der Waals surface area (Å²) in [6.45, 7) is 0. The molecule has 4 heteroatoms. The van der Waals surface area contributed by atoms with Crippen LogP contribution in [0.2, 0.25) is 0 Å². The lowest BCUT2D eigenvalue weighted by Gasteiger charge is -2.35. The topological polar surface area (TPSA) is 38.7 Å². The molecule has 0 N–H and O–H groups in total. The molecule has 1 spiro atoms. The van der Waals surface area contributed by atoms with Crippen LogP contribution in [-0.4, -0.2) is 15.0 Å². The van der Waals surface area contributed by atoms with E-state index in [4.69, 9.17) is 15.0 Å². The van der Waals surface area contributed by atoms with Crippen LogP contribution in [0.5, 0.6) is 0 Å². The van der Waals surface area contributed by atoms with Gasteiger partial charge >= 0.3 is 0 Å². The van der Waals surface area contributed by atoms with Crippen molar-refractivity contribution >= 4 is 31.5 Å². The molecule has 3 nitrogen and oxygen atoms in total. The van der Waals surface area contributed by atoms with Gasteiger partial charge in [-0.15, -0.1) is 11.3 Å². The zero-order valence-corrected chi connectivity index (χ0v) is 31.0. The van der Waals surface area contributed by atoms with Gasteiger partial charge in [0.25, 0.3) is 0 Å². The van der Waals surface area contributed by atoms with Gasteiger partial charge in [0.05, 0.1) is 5.41 Å². The lowest BCUT2D eigenvalue weighted by atomic mass is 9.65. The van der Waals surface area contributed by atoms with Gasteiger partial charge in [0, 0.05) is 36.9 Å². The standard InChI is InChI=1S/C52H31N3S/c1-3-15-32(16-4-1)49-53-50(33-17-5-2-6-18-33)55-51(54-49)34-27-28-39-36-20-8-7-19-35(36)37-21-9-12-24-43(37)52(45(39)29-34)44-25-13-10-22-38(44)41-30-42-40-23-11-14-26-47(40)56-48(42)31-46(41)52/h1-31H. The maximum absolute atomic E-state index is 5.21. The number of thiophene rings is 1. The zero-order chi connectivity index (χ0) is 36.8. The molecule has 260 valence electrons. The summed E-state index contributed by atoms with van der Waals surface area (Å²) in [7, 11) is 0. The molecule has 56 heavy (non-hydrogen) atoms. The molecule has 0 bridgehead atoms. The Morgan fingerprint density at radius 1 is 0.304 bits per heavy atom. The van der Waals surface area contributed by atoms with Gasteiger partial charge in [-0.05, 0) is 79.9 Å². The molecule has 2 aliphatic carbocycles. The molecule has 12 rings (SSSR count). The maximum Gasteiger partial charge on any atom is 0.164 e. The van der Waals surface area contributed by atoms with Gasteiger partial charge in [-0.3, -0.25) is 0 Å². The molecule has 2 heterocycles. The molecule has 1 unspecified atom stereocenters. The Kier molecular flexibility index (Phi) is 6.72. The summed E-state index contributed by atoms with van der Waals surface area (Å²) in [5.74, 6) is 1.95. The fraction of sp³-hybridized carbons (Fsp3) is 0.0192. The molecule has 0 fully saturated rings. The van der Waals surface area contributed by atoms with Crippen molar-refractivity contribution in [3.63, 3.8) is 0 Å². The number of hydrogen-bond acceptors (Lipinski definition) is 4. The molecule has 0 aliphatic heterocycles. The molecular formula is C52H31N3S. The summed E-state index contributed by atoms with van der Waals surface area (Å²) in [6.07, 6.45) is 0. The van der Waals surface area contributed by atoms with E-state index in [9.17, 15) is 0 Å². The first kappa shape index (κ1) is 31.4. The molecule has 2 aromatic heterocycles. The van der Waals surface area contributed by atoms with Crippen molar-refractivity contribution < 1.29 is 0 Å².